The first-order valence-corrected chi connectivity index (χ1v) is 12.3. The minimum atomic E-state index is -0.242. The number of hydrogen-bond acceptors (Lipinski definition) is 4. The molecule has 2 saturated heterocycles. The predicted octanol–water partition coefficient (Wildman–Crippen LogP) is 5.26. The lowest BCUT2D eigenvalue weighted by molar-refractivity contribution is -0.119. The Morgan fingerprint density at radius 1 is 1.16 bits per heavy atom. The smallest absolute Gasteiger partial charge is 0.257 e. The number of benzene rings is 2. The van der Waals surface area contributed by atoms with Crippen LogP contribution in [-0.4, -0.2) is 37.5 Å². The van der Waals surface area contributed by atoms with E-state index >= 15 is 0 Å². The summed E-state index contributed by atoms with van der Waals surface area (Å²) < 4.78 is 1.92. The van der Waals surface area contributed by atoms with E-state index in [0.717, 1.165) is 28.4 Å². The van der Waals surface area contributed by atoms with E-state index in [9.17, 15) is 4.79 Å². The number of anilines is 1. The minimum Gasteiger partial charge on any atom is -0.319 e. The van der Waals surface area contributed by atoms with Gasteiger partial charge in [-0.3, -0.25) is 14.4 Å². The SMILES string of the molecule is Cc1ccc([C@H]2SC[C@H]3C(=O)N(c4c(C)nn(Cc5cccc(Cl)c5)c4C)C(=S)N23)cc1. The van der Waals surface area contributed by atoms with Crippen LogP contribution >= 0.6 is 35.6 Å². The van der Waals surface area contributed by atoms with Gasteiger partial charge in [0, 0.05) is 10.8 Å². The molecule has 3 aromatic rings. The Kier molecular flexibility index (Phi) is 5.51. The quantitative estimate of drug-likeness (QED) is 0.474. The third-order valence-corrected chi connectivity index (χ3v) is 8.02. The Labute approximate surface area is 202 Å². The summed E-state index contributed by atoms with van der Waals surface area (Å²) in [5, 5.41) is 6.03. The molecule has 0 aliphatic carbocycles. The van der Waals surface area contributed by atoms with Gasteiger partial charge in [-0.25, -0.2) is 0 Å². The van der Waals surface area contributed by atoms with Crippen LogP contribution in [-0.2, 0) is 11.3 Å². The number of carbonyl (C=O) groups excluding carboxylic acids is 1. The normalized spacial score (nSPS) is 20.4. The molecular formula is C24H23ClN4OS2. The van der Waals surface area contributed by atoms with Crippen LogP contribution in [0.2, 0.25) is 5.02 Å². The van der Waals surface area contributed by atoms with Gasteiger partial charge in [0.1, 0.15) is 11.4 Å². The van der Waals surface area contributed by atoms with Gasteiger partial charge in [0.2, 0.25) is 0 Å². The fourth-order valence-corrected chi connectivity index (χ4v) is 6.57. The highest BCUT2D eigenvalue weighted by atomic mass is 35.5. The van der Waals surface area contributed by atoms with Crippen molar-refractivity contribution in [3.8, 4) is 0 Å². The third kappa shape index (κ3) is 3.52. The van der Waals surface area contributed by atoms with E-state index < -0.39 is 0 Å². The summed E-state index contributed by atoms with van der Waals surface area (Å²) in [6, 6.07) is 16.0. The number of amides is 1. The lowest BCUT2D eigenvalue weighted by Crippen LogP contribution is -2.34. The largest absolute Gasteiger partial charge is 0.319 e. The van der Waals surface area contributed by atoms with Crippen molar-refractivity contribution in [2.24, 2.45) is 0 Å². The molecule has 0 radical (unpaired) electrons. The molecule has 5 nitrogen and oxygen atoms in total. The second-order valence-corrected chi connectivity index (χ2v) is 10.2. The van der Waals surface area contributed by atoms with E-state index in [1.807, 2.05) is 42.8 Å². The molecule has 2 aliphatic heterocycles. The molecule has 2 atom stereocenters. The van der Waals surface area contributed by atoms with Crippen LogP contribution in [0.3, 0.4) is 0 Å². The third-order valence-electron chi connectivity index (χ3n) is 6.07. The molecule has 8 heteroatoms. The molecule has 0 bridgehead atoms. The number of thioether (sulfide) groups is 1. The van der Waals surface area contributed by atoms with Gasteiger partial charge in [0.25, 0.3) is 5.91 Å². The predicted molar refractivity (Wildman–Crippen MR) is 134 cm³/mol. The van der Waals surface area contributed by atoms with Gasteiger partial charge in [0.05, 0.1) is 23.6 Å². The van der Waals surface area contributed by atoms with Crippen LogP contribution in [0.15, 0.2) is 48.5 Å². The maximum atomic E-state index is 13.5. The van der Waals surface area contributed by atoms with Crippen LogP contribution in [0.1, 0.15) is 33.5 Å². The summed E-state index contributed by atoms with van der Waals surface area (Å²) in [6.07, 6.45) is 0. The van der Waals surface area contributed by atoms with E-state index in [0.29, 0.717) is 16.7 Å². The zero-order valence-corrected chi connectivity index (χ0v) is 20.5. The summed E-state index contributed by atoms with van der Waals surface area (Å²) in [7, 11) is 0. The summed E-state index contributed by atoms with van der Waals surface area (Å²) in [5.41, 5.74) is 5.95. The number of aryl methyl sites for hydroxylation is 2. The highest BCUT2D eigenvalue weighted by Crippen LogP contribution is 2.47. The van der Waals surface area contributed by atoms with Gasteiger partial charge in [-0.15, -0.1) is 11.8 Å². The number of thiocarbonyl (C=S) groups is 1. The van der Waals surface area contributed by atoms with Gasteiger partial charge < -0.3 is 4.90 Å². The van der Waals surface area contributed by atoms with Gasteiger partial charge in [0.15, 0.2) is 5.11 Å². The fourth-order valence-electron chi connectivity index (χ4n) is 4.46. The van der Waals surface area contributed by atoms with Crippen molar-refractivity contribution in [2.45, 2.75) is 38.7 Å². The molecule has 2 aromatic carbocycles. The molecule has 164 valence electrons. The van der Waals surface area contributed by atoms with Crippen molar-refractivity contribution in [2.75, 3.05) is 10.7 Å². The number of aromatic nitrogens is 2. The molecule has 0 unspecified atom stereocenters. The monoisotopic (exact) mass is 482 g/mol. The summed E-state index contributed by atoms with van der Waals surface area (Å²) in [4.78, 5) is 17.3. The average molecular weight is 483 g/mol. The molecule has 1 amide bonds. The molecule has 0 spiro atoms. The molecule has 0 N–H and O–H groups in total. The minimum absolute atomic E-state index is 0.0330. The van der Waals surface area contributed by atoms with Crippen molar-refractivity contribution in [1.29, 1.82) is 0 Å². The first-order valence-electron chi connectivity index (χ1n) is 10.5. The number of fused-ring (bicyclic) bond motifs is 1. The lowest BCUT2D eigenvalue weighted by Gasteiger charge is -2.25. The number of halogens is 1. The van der Waals surface area contributed by atoms with E-state index in [1.165, 1.54) is 11.1 Å². The van der Waals surface area contributed by atoms with Gasteiger partial charge in [-0.1, -0.05) is 53.6 Å². The zero-order chi connectivity index (χ0) is 22.6. The van der Waals surface area contributed by atoms with E-state index in [4.69, 9.17) is 28.9 Å². The Balaban J connectivity index is 1.47. The molecule has 3 heterocycles. The van der Waals surface area contributed by atoms with Crippen molar-refractivity contribution in [1.82, 2.24) is 14.7 Å². The first kappa shape index (κ1) is 21.5. The maximum Gasteiger partial charge on any atom is 0.257 e. The summed E-state index contributed by atoms with van der Waals surface area (Å²) in [6.45, 7) is 6.58. The first-order chi connectivity index (χ1) is 15.3. The number of carbonyl (C=O) groups is 1. The summed E-state index contributed by atoms with van der Waals surface area (Å²) in [5.74, 6) is 0.758. The number of nitrogens with zero attached hydrogens (tertiary/aromatic N) is 4. The van der Waals surface area contributed by atoms with Gasteiger partial charge in [-0.05, 0) is 56.2 Å². The highest BCUT2D eigenvalue weighted by Gasteiger charge is 2.51. The van der Waals surface area contributed by atoms with Gasteiger partial charge in [-0.2, -0.15) is 5.10 Å². The van der Waals surface area contributed by atoms with Crippen molar-refractivity contribution < 1.29 is 4.79 Å². The second-order valence-electron chi connectivity index (χ2n) is 8.28. The average Bonchev–Trinajstić information content (AvgIpc) is 3.38. The van der Waals surface area contributed by atoms with Crippen LogP contribution in [0.4, 0.5) is 5.69 Å². The van der Waals surface area contributed by atoms with E-state index in [1.54, 1.807) is 16.7 Å². The fraction of sp³-hybridized carbons (Fsp3) is 0.292. The Hall–Kier alpha value is -2.35. The molecular weight excluding hydrogens is 460 g/mol. The molecule has 5 rings (SSSR count). The van der Waals surface area contributed by atoms with Crippen molar-refractivity contribution >= 4 is 52.3 Å². The van der Waals surface area contributed by atoms with Crippen molar-refractivity contribution in [3.05, 3.63) is 81.6 Å². The van der Waals surface area contributed by atoms with Crippen LogP contribution in [0.25, 0.3) is 0 Å². The maximum absolute atomic E-state index is 13.5. The van der Waals surface area contributed by atoms with E-state index in [-0.39, 0.29) is 17.3 Å². The van der Waals surface area contributed by atoms with Crippen molar-refractivity contribution in [3.63, 3.8) is 0 Å². The highest BCUT2D eigenvalue weighted by molar-refractivity contribution is 7.99. The molecule has 0 saturated carbocycles. The van der Waals surface area contributed by atoms with Crippen LogP contribution in [0.5, 0.6) is 0 Å². The Morgan fingerprint density at radius 2 is 1.91 bits per heavy atom. The molecule has 2 fully saturated rings. The second kappa shape index (κ2) is 8.21. The molecule has 32 heavy (non-hydrogen) atoms. The molecule has 2 aliphatic rings. The Morgan fingerprint density at radius 3 is 2.62 bits per heavy atom. The van der Waals surface area contributed by atoms with Crippen LogP contribution < -0.4 is 4.90 Å². The summed E-state index contributed by atoms with van der Waals surface area (Å²) >= 11 is 13.8. The number of rotatable bonds is 4. The topological polar surface area (TPSA) is 41.4 Å². The lowest BCUT2D eigenvalue weighted by atomic mass is 10.1. The van der Waals surface area contributed by atoms with Gasteiger partial charge >= 0.3 is 0 Å². The van der Waals surface area contributed by atoms with Crippen LogP contribution in [0, 0.1) is 20.8 Å². The zero-order valence-electron chi connectivity index (χ0n) is 18.1. The molecule has 1 aromatic heterocycles. The Bertz CT molecular complexity index is 1220. The number of hydrogen-bond donors (Lipinski definition) is 0. The standard InChI is InChI=1S/C24H23ClN4OS2/c1-14-7-9-18(10-8-14)23-28-20(13-32-23)22(30)29(24(28)31)21-15(2)26-27(16(21)3)12-17-5-4-6-19(25)11-17/h4-11,20,23H,12-13H2,1-3H3/t20-,23+/m0/s1. The van der Waals surface area contributed by atoms with E-state index in [2.05, 4.69) is 36.1 Å².